The van der Waals surface area contributed by atoms with Crippen molar-refractivity contribution in [2.45, 2.75) is 6.54 Å². The normalized spacial score (nSPS) is 10.2. The minimum Gasteiger partial charge on any atom is -0.497 e. The number of aryl methyl sites for hydroxylation is 1. The Kier molecular flexibility index (Phi) is 3.77. The molecule has 0 bridgehead atoms. The van der Waals surface area contributed by atoms with Gasteiger partial charge in [-0.2, -0.15) is 0 Å². The summed E-state index contributed by atoms with van der Waals surface area (Å²) in [5, 5.41) is 3.36. The number of hydrogen-bond acceptors (Lipinski definition) is 3. The van der Waals surface area contributed by atoms with Gasteiger partial charge >= 0.3 is 0 Å². The molecule has 0 amide bonds. The van der Waals surface area contributed by atoms with Gasteiger partial charge in [0.25, 0.3) is 0 Å². The van der Waals surface area contributed by atoms with Crippen LogP contribution in [-0.2, 0) is 13.6 Å². The molecule has 0 aliphatic rings. The van der Waals surface area contributed by atoms with Gasteiger partial charge in [0.2, 0.25) is 0 Å². The van der Waals surface area contributed by atoms with Crippen LogP contribution in [0.1, 0.15) is 5.69 Å². The molecule has 1 N–H and O–H groups in total. The van der Waals surface area contributed by atoms with E-state index in [9.17, 15) is 0 Å². The quantitative estimate of drug-likeness (QED) is 0.881. The van der Waals surface area contributed by atoms with Crippen LogP contribution < -0.4 is 14.8 Å². The zero-order chi connectivity index (χ0) is 13.0. The Morgan fingerprint density at radius 3 is 2.61 bits per heavy atom. The van der Waals surface area contributed by atoms with Crippen molar-refractivity contribution in [3.63, 3.8) is 0 Å². The van der Waals surface area contributed by atoms with Crippen molar-refractivity contribution in [3.8, 4) is 11.5 Å². The third-order valence-electron chi connectivity index (χ3n) is 2.92. The van der Waals surface area contributed by atoms with Crippen LogP contribution in [0.5, 0.6) is 11.5 Å². The van der Waals surface area contributed by atoms with Crippen molar-refractivity contribution in [2.24, 2.45) is 7.05 Å². The second-order valence-corrected chi connectivity index (χ2v) is 4.03. The van der Waals surface area contributed by atoms with Crippen molar-refractivity contribution in [1.29, 1.82) is 0 Å². The number of rotatable bonds is 5. The van der Waals surface area contributed by atoms with E-state index in [0.717, 1.165) is 23.7 Å². The van der Waals surface area contributed by atoms with Crippen LogP contribution in [0.15, 0.2) is 36.5 Å². The largest absolute Gasteiger partial charge is 0.497 e. The minimum atomic E-state index is 0.756. The molecule has 2 rings (SSSR count). The molecule has 18 heavy (non-hydrogen) atoms. The highest BCUT2D eigenvalue weighted by Gasteiger charge is 2.05. The molecular formula is C14H18N2O2. The maximum Gasteiger partial charge on any atom is 0.145 e. The van der Waals surface area contributed by atoms with Crippen LogP contribution >= 0.6 is 0 Å². The highest BCUT2D eigenvalue weighted by Crippen LogP contribution is 2.29. The van der Waals surface area contributed by atoms with Gasteiger partial charge in [0, 0.05) is 25.0 Å². The zero-order valence-electron chi connectivity index (χ0n) is 10.9. The summed E-state index contributed by atoms with van der Waals surface area (Å²) in [6.07, 6.45) is 2.03. The number of methoxy groups -OCH3 is 2. The Morgan fingerprint density at radius 2 is 2.00 bits per heavy atom. The summed E-state index contributed by atoms with van der Waals surface area (Å²) in [4.78, 5) is 0. The Balaban J connectivity index is 2.11. The molecule has 0 radical (unpaired) electrons. The predicted molar refractivity (Wildman–Crippen MR) is 72.3 cm³/mol. The Labute approximate surface area is 107 Å². The van der Waals surface area contributed by atoms with Crippen LogP contribution in [0.3, 0.4) is 0 Å². The van der Waals surface area contributed by atoms with E-state index in [1.807, 2.05) is 37.5 Å². The van der Waals surface area contributed by atoms with Crippen molar-refractivity contribution in [2.75, 3.05) is 19.5 Å². The average molecular weight is 246 g/mol. The van der Waals surface area contributed by atoms with Gasteiger partial charge in [0.1, 0.15) is 11.5 Å². The summed E-state index contributed by atoms with van der Waals surface area (Å²) in [5.41, 5.74) is 2.17. The Morgan fingerprint density at radius 1 is 1.17 bits per heavy atom. The lowest BCUT2D eigenvalue weighted by Gasteiger charge is -2.12. The molecule has 0 aliphatic heterocycles. The van der Waals surface area contributed by atoms with Crippen LogP contribution in [0.4, 0.5) is 5.69 Å². The van der Waals surface area contributed by atoms with E-state index in [-0.39, 0.29) is 0 Å². The second-order valence-electron chi connectivity index (χ2n) is 4.03. The van der Waals surface area contributed by atoms with Gasteiger partial charge in [-0.05, 0) is 24.3 Å². The van der Waals surface area contributed by atoms with E-state index in [1.165, 1.54) is 5.69 Å². The lowest BCUT2D eigenvalue weighted by atomic mass is 10.2. The van der Waals surface area contributed by atoms with Gasteiger partial charge in [-0.15, -0.1) is 0 Å². The molecule has 1 aromatic heterocycles. The first kappa shape index (κ1) is 12.4. The molecule has 96 valence electrons. The molecule has 0 spiro atoms. The summed E-state index contributed by atoms with van der Waals surface area (Å²) in [6.45, 7) is 0.756. The second kappa shape index (κ2) is 5.49. The van der Waals surface area contributed by atoms with Crippen molar-refractivity contribution in [1.82, 2.24) is 4.57 Å². The molecule has 1 heterocycles. The lowest BCUT2D eigenvalue weighted by molar-refractivity contribution is 0.395. The fourth-order valence-corrected chi connectivity index (χ4v) is 1.81. The average Bonchev–Trinajstić information content (AvgIpc) is 2.81. The summed E-state index contributed by atoms with van der Waals surface area (Å²) < 4.78 is 12.6. The molecule has 0 unspecified atom stereocenters. The molecule has 0 atom stereocenters. The topological polar surface area (TPSA) is 35.4 Å². The van der Waals surface area contributed by atoms with Crippen molar-refractivity contribution in [3.05, 3.63) is 42.2 Å². The number of nitrogens with zero attached hydrogens (tertiary/aromatic N) is 1. The number of aromatic nitrogens is 1. The molecule has 1 aromatic carbocycles. The predicted octanol–water partition coefficient (Wildman–Crippen LogP) is 2.65. The van der Waals surface area contributed by atoms with E-state index >= 15 is 0 Å². The molecule has 0 aliphatic carbocycles. The lowest BCUT2D eigenvalue weighted by Crippen LogP contribution is -2.05. The van der Waals surface area contributed by atoms with Crippen LogP contribution in [0, 0.1) is 0 Å². The third-order valence-corrected chi connectivity index (χ3v) is 2.92. The molecule has 0 saturated heterocycles. The summed E-state index contributed by atoms with van der Waals surface area (Å²) in [5.74, 6) is 1.57. The number of nitrogens with one attached hydrogen (secondary N) is 1. The van der Waals surface area contributed by atoms with Crippen LogP contribution in [0.25, 0.3) is 0 Å². The van der Waals surface area contributed by atoms with Gasteiger partial charge in [0.05, 0.1) is 26.5 Å². The maximum absolute atomic E-state index is 5.34. The van der Waals surface area contributed by atoms with E-state index in [0.29, 0.717) is 0 Å². The molecule has 4 heteroatoms. The molecular weight excluding hydrogens is 228 g/mol. The molecule has 0 fully saturated rings. The van der Waals surface area contributed by atoms with Gasteiger partial charge in [-0.25, -0.2) is 0 Å². The molecule has 4 nitrogen and oxygen atoms in total. The summed E-state index contributed by atoms with van der Waals surface area (Å²) in [7, 11) is 5.33. The number of hydrogen-bond donors (Lipinski definition) is 1. The third kappa shape index (κ3) is 2.59. The standard InChI is InChI=1S/C14H18N2O2/c1-16-8-4-5-11(16)10-15-13-7-6-12(17-2)9-14(13)18-3/h4-9,15H,10H2,1-3H3. The van der Waals surface area contributed by atoms with Gasteiger partial charge in [0.15, 0.2) is 0 Å². The van der Waals surface area contributed by atoms with E-state index < -0.39 is 0 Å². The number of anilines is 1. The fourth-order valence-electron chi connectivity index (χ4n) is 1.81. The van der Waals surface area contributed by atoms with E-state index in [1.54, 1.807) is 14.2 Å². The molecule has 0 saturated carbocycles. The van der Waals surface area contributed by atoms with Gasteiger partial charge < -0.3 is 19.4 Å². The zero-order valence-corrected chi connectivity index (χ0v) is 10.9. The van der Waals surface area contributed by atoms with Crippen molar-refractivity contribution < 1.29 is 9.47 Å². The highest BCUT2D eigenvalue weighted by molar-refractivity contribution is 5.59. The summed E-state index contributed by atoms with van der Waals surface area (Å²) >= 11 is 0. The number of benzene rings is 1. The Bertz CT molecular complexity index is 520. The highest BCUT2D eigenvalue weighted by atomic mass is 16.5. The monoisotopic (exact) mass is 246 g/mol. The van der Waals surface area contributed by atoms with Gasteiger partial charge in [-0.3, -0.25) is 0 Å². The van der Waals surface area contributed by atoms with Gasteiger partial charge in [-0.1, -0.05) is 0 Å². The Hall–Kier alpha value is -2.10. The van der Waals surface area contributed by atoms with Crippen LogP contribution in [-0.4, -0.2) is 18.8 Å². The first-order valence-corrected chi connectivity index (χ1v) is 5.80. The van der Waals surface area contributed by atoms with E-state index in [2.05, 4.69) is 16.0 Å². The first-order valence-electron chi connectivity index (χ1n) is 5.80. The SMILES string of the molecule is COc1ccc(NCc2cccn2C)c(OC)c1. The summed E-state index contributed by atoms with van der Waals surface area (Å²) in [6, 6.07) is 9.86. The van der Waals surface area contributed by atoms with Crippen molar-refractivity contribution >= 4 is 5.69 Å². The fraction of sp³-hybridized carbons (Fsp3) is 0.286. The number of ether oxygens (including phenoxy) is 2. The smallest absolute Gasteiger partial charge is 0.145 e. The minimum absolute atomic E-state index is 0.756. The van der Waals surface area contributed by atoms with E-state index in [4.69, 9.17) is 9.47 Å². The molecule has 2 aromatic rings. The van der Waals surface area contributed by atoms with Crippen LogP contribution in [0.2, 0.25) is 0 Å². The maximum atomic E-state index is 5.34. The first-order chi connectivity index (χ1) is 8.74.